The molecule has 0 amide bonds. The average Bonchev–Trinajstić information content (AvgIpc) is 2.09. The molecule has 1 rings (SSSR count). The number of benzene rings is 1. The van der Waals surface area contributed by atoms with Gasteiger partial charge in [0, 0.05) is 0 Å². The molecule has 0 spiro atoms. The molecule has 1 aromatic carbocycles. The maximum Gasteiger partial charge on any atom is 0.534 e. The Morgan fingerprint density at radius 2 is 1.81 bits per heavy atom. The van der Waals surface area contributed by atoms with E-state index in [1.807, 2.05) is 0 Å². The van der Waals surface area contributed by atoms with Crippen LogP contribution in [-0.2, 0) is 10.1 Å². The van der Waals surface area contributed by atoms with Crippen molar-refractivity contribution in [2.45, 2.75) is 12.4 Å². The first-order valence-corrected chi connectivity index (χ1v) is 5.31. The fourth-order valence-electron chi connectivity index (χ4n) is 0.840. The van der Waals surface area contributed by atoms with Crippen molar-refractivity contribution in [3.05, 3.63) is 29.6 Å². The highest BCUT2D eigenvalue weighted by atomic mass is 32.2. The van der Waals surface area contributed by atoms with E-state index < -0.39 is 27.2 Å². The fourth-order valence-corrected chi connectivity index (χ4v) is 1.30. The van der Waals surface area contributed by atoms with Crippen LogP contribution in [0.5, 0.6) is 5.75 Å². The summed E-state index contributed by atoms with van der Waals surface area (Å²) in [7, 11) is -5.83. The highest BCUT2D eigenvalue weighted by molar-refractivity contribution is 7.88. The molecule has 0 aliphatic rings. The lowest BCUT2D eigenvalue weighted by atomic mass is 10.2. The summed E-state index contributed by atoms with van der Waals surface area (Å²) in [6, 6.07) is 2.94. The maximum atomic E-state index is 12.9. The Kier molecular flexibility index (Phi) is 3.13. The van der Waals surface area contributed by atoms with Crippen LogP contribution in [0.15, 0.2) is 18.2 Å². The van der Waals surface area contributed by atoms with Gasteiger partial charge in [-0.15, -0.1) is 0 Å². The Morgan fingerprint density at radius 1 is 1.25 bits per heavy atom. The summed E-state index contributed by atoms with van der Waals surface area (Å²) in [6.45, 7) is 1.45. The molecule has 0 aliphatic heterocycles. The van der Waals surface area contributed by atoms with Crippen molar-refractivity contribution in [3.8, 4) is 5.75 Å². The van der Waals surface area contributed by atoms with Crippen molar-refractivity contribution in [2.75, 3.05) is 0 Å². The van der Waals surface area contributed by atoms with E-state index in [0.717, 1.165) is 12.1 Å². The van der Waals surface area contributed by atoms with Crippen molar-refractivity contribution in [1.82, 2.24) is 0 Å². The summed E-state index contributed by atoms with van der Waals surface area (Å²) >= 11 is 0. The van der Waals surface area contributed by atoms with Gasteiger partial charge in [0.15, 0.2) is 11.6 Å². The van der Waals surface area contributed by atoms with Crippen molar-refractivity contribution in [1.29, 1.82) is 0 Å². The van der Waals surface area contributed by atoms with Crippen molar-refractivity contribution >= 4 is 10.1 Å². The van der Waals surface area contributed by atoms with Crippen LogP contribution < -0.4 is 4.18 Å². The van der Waals surface area contributed by atoms with Crippen LogP contribution in [0, 0.1) is 12.7 Å². The standard InChI is InChI=1S/C8H6F4O3S/c1-5-2-3-6(9)7(4-5)15-16(13,14)8(10,11)12/h2-4H,1H3. The third-order valence-corrected chi connectivity index (χ3v) is 2.54. The van der Waals surface area contributed by atoms with Gasteiger partial charge in [0.25, 0.3) is 0 Å². The number of hydrogen-bond donors (Lipinski definition) is 0. The molecule has 0 saturated carbocycles. The van der Waals surface area contributed by atoms with Crippen LogP contribution in [0.1, 0.15) is 5.56 Å². The quantitative estimate of drug-likeness (QED) is 0.464. The average molecular weight is 258 g/mol. The van der Waals surface area contributed by atoms with E-state index >= 15 is 0 Å². The van der Waals surface area contributed by atoms with Gasteiger partial charge < -0.3 is 4.18 Å². The first-order chi connectivity index (χ1) is 7.13. The number of rotatable bonds is 2. The fraction of sp³-hybridized carbons (Fsp3) is 0.250. The zero-order chi connectivity index (χ0) is 12.6. The lowest BCUT2D eigenvalue weighted by Gasteiger charge is -2.10. The molecule has 0 aromatic heterocycles. The first kappa shape index (κ1) is 12.8. The number of alkyl halides is 3. The lowest BCUT2D eigenvalue weighted by Crippen LogP contribution is -2.28. The Labute approximate surface area is 88.8 Å². The Balaban J connectivity index is 3.11. The molecule has 0 aliphatic carbocycles. The van der Waals surface area contributed by atoms with E-state index in [1.165, 1.54) is 13.0 Å². The minimum absolute atomic E-state index is 0.369. The van der Waals surface area contributed by atoms with Crippen molar-refractivity contribution in [2.24, 2.45) is 0 Å². The van der Waals surface area contributed by atoms with Gasteiger partial charge >= 0.3 is 15.6 Å². The highest BCUT2D eigenvalue weighted by Gasteiger charge is 2.48. The smallest absolute Gasteiger partial charge is 0.373 e. The van der Waals surface area contributed by atoms with E-state index in [2.05, 4.69) is 4.18 Å². The van der Waals surface area contributed by atoms with E-state index in [4.69, 9.17) is 0 Å². The van der Waals surface area contributed by atoms with Gasteiger partial charge in [0.1, 0.15) is 0 Å². The second kappa shape index (κ2) is 3.93. The number of halogens is 4. The minimum Gasteiger partial charge on any atom is -0.373 e. The Bertz CT molecular complexity index is 492. The minimum atomic E-state index is -5.83. The molecule has 0 N–H and O–H groups in total. The van der Waals surface area contributed by atoms with Crippen LogP contribution in [0.4, 0.5) is 17.6 Å². The SMILES string of the molecule is Cc1ccc(F)c(OS(=O)(=O)C(F)(F)F)c1. The Hall–Kier alpha value is -1.31. The molecule has 1 aromatic rings. The first-order valence-electron chi connectivity index (χ1n) is 3.90. The third kappa shape index (κ3) is 2.63. The van der Waals surface area contributed by atoms with E-state index in [-0.39, 0.29) is 0 Å². The molecular weight excluding hydrogens is 252 g/mol. The van der Waals surface area contributed by atoms with Crippen LogP contribution in [0.3, 0.4) is 0 Å². The predicted octanol–water partition coefficient (Wildman–Crippen LogP) is 2.36. The van der Waals surface area contributed by atoms with Gasteiger partial charge in [0.05, 0.1) is 0 Å². The van der Waals surface area contributed by atoms with Crippen LogP contribution in [0.25, 0.3) is 0 Å². The summed E-state index contributed by atoms with van der Waals surface area (Å²) in [5, 5.41) is 0. The third-order valence-electron chi connectivity index (χ3n) is 1.57. The van der Waals surface area contributed by atoms with Crippen LogP contribution >= 0.6 is 0 Å². The second-order valence-corrected chi connectivity index (χ2v) is 4.45. The second-order valence-electron chi connectivity index (χ2n) is 2.92. The molecule has 0 fully saturated rings. The summed E-state index contributed by atoms with van der Waals surface area (Å²) in [5.74, 6) is -2.16. The molecule has 0 heterocycles. The normalized spacial score (nSPS) is 12.6. The van der Waals surface area contributed by atoms with Crippen molar-refractivity contribution in [3.63, 3.8) is 0 Å². The highest BCUT2D eigenvalue weighted by Crippen LogP contribution is 2.28. The van der Waals surface area contributed by atoms with Crippen LogP contribution in [-0.4, -0.2) is 13.9 Å². The maximum absolute atomic E-state index is 12.9. The van der Waals surface area contributed by atoms with Gasteiger partial charge in [-0.2, -0.15) is 21.6 Å². The molecule has 8 heteroatoms. The lowest BCUT2D eigenvalue weighted by molar-refractivity contribution is -0.0500. The predicted molar refractivity (Wildman–Crippen MR) is 46.7 cm³/mol. The molecule has 3 nitrogen and oxygen atoms in total. The van der Waals surface area contributed by atoms with Crippen LogP contribution in [0.2, 0.25) is 0 Å². The summed E-state index contributed by atoms with van der Waals surface area (Å²) < 4.78 is 73.5. The number of aryl methyl sites for hydroxylation is 1. The zero-order valence-electron chi connectivity index (χ0n) is 7.88. The van der Waals surface area contributed by atoms with E-state index in [0.29, 0.717) is 5.56 Å². The molecule has 0 atom stereocenters. The zero-order valence-corrected chi connectivity index (χ0v) is 8.69. The summed E-state index contributed by atoms with van der Waals surface area (Å²) in [6.07, 6.45) is 0. The monoisotopic (exact) mass is 258 g/mol. The number of hydrogen-bond acceptors (Lipinski definition) is 3. The molecule has 16 heavy (non-hydrogen) atoms. The van der Waals surface area contributed by atoms with Gasteiger partial charge in [-0.05, 0) is 24.6 Å². The van der Waals surface area contributed by atoms with Gasteiger partial charge in [-0.1, -0.05) is 6.07 Å². The van der Waals surface area contributed by atoms with Gasteiger partial charge in [-0.3, -0.25) is 0 Å². The van der Waals surface area contributed by atoms with Gasteiger partial charge in [0.2, 0.25) is 0 Å². The Morgan fingerprint density at radius 3 is 2.31 bits per heavy atom. The molecular formula is C8H6F4O3S. The van der Waals surface area contributed by atoms with Crippen molar-refractivity contribution < 1.29 is 30.2 Å². The largest absolute Gasteiger partial charge is 0.534 e. The van der Waals surface area contributed by atoms with E-state index in [9.17, 15) is 26.0 Å². The summed E-state index contributed by atoms with van der Waals surface area (Å²) in [4.78, 5) is 0. The molecule has 90 valence electrons. The topological polar surface area (TPSA) is 43.4 Å². The molecule has 0 bridgehead atoms. The van der Waals surface area contributed by atoms with Gasteiger partial charge in [-0.25, -0.2) is 4.39 Å². The summed E-state index contributed by atoms with van der Waals surface area (Å²) in [5.41, 5.74) is -5.21. The molecule has 0 unspecified atom stereocenters. The molecule has 0 saturated heterocycles. The van der Waals surface area contributed by atoms with E-state index in [1.54, 1.807) is 0 Å². The molecule has 0 radical (unpaired) electrons.